The average Bonchev–Trinajstić information content (AvgIpc) is 1.83. The van der Waals surface area contributed by atoms with Gasteiger partial charge in [-0.3, -0.25) is 0 Å². The molecule has 0 atom stereocenters. The minimum absolute atomic E-state index is 0.237. The number of hydrogen-bond acceptors (Lipinski definition) is 4. The minimum atomic E-state index is -2.14. The number of aliphatic carboxylic acids is 1. The molecule has 0 unspecified atom stereocenters. The normalized spacial score (nSPS) is 21.2. The Labute approximate surface area is 67.9 Å². The summed E-state index contributed by atoms with van der Waals surface area (Å²) in [6.45, 7) is 0. The Morgan fingerprint density at radius 3 is 2.50 bits per heavy atom. The van der Waals surface area contributed by atoms with Gasteiger partial charge in [0.15, 0.2) is 5.79 Å². The third kappa shape index (κ3) is 1.63. The Hall–Kier alpha value is -1.33. The van der Waals surface area contributed by atoms with Crippen molar-refractivity contribution in [1.29, 1.82) is 0 Å². The lowest BCUT2D eigenvalue weighted by Crippen LogP contribution is -2.28. The van der Waals surface area contributed by atoms with Crippen molar-refractivity contribution in [1.82, 2.24) is 0 Å². The van der Waals surface area contributed by atoms with Gasteiger partial charge in [-0.25, -0.2) is 4.79 Å². The van der Waals surface area contributed by atoms with E-state index >= 15 is 0 Å². The second kappa shape index (κ2) is 2.62. The van der Waals surface area contributed by atoms with Crippen LogP contribution < -0.4 is 0 Å². The molecule has 0 fully saturated rings. The zero-order valence-electron chi connectivity index (χ0n) is 6.06. The minimum Gasteiger partial charge on any atom is -0.507 e. The number of carbonyl (C=O) groups is 1. The summed E-state index contributed by atoms with van der Waals surface area (Å²) in [5.74, 6) is -4.05. The van der Waals surface area contributed by atoms with Crippen molar-refractivity contribution in [2.45, 2.75) is 12.2 Å². The van der Waals surface area contributed by atoms with Crippen molar-refractivity contribution < 1.29 is 25.2 Å². The third-order valence-corrected chi connectivity index (χ3v) is 1.48. The molecule has 0 aromatic carbocycles. The first-order chi connectivity index (χ1) is 5.42. The lowest BCUT2D eigenvalue weighted by atomic mass is 10.0. The number of hydrogen-bond donors (Lipinski definition) is 4. The molecule has 0 bridgehead atoms. The zero-order valence-corrected chi connectivity index (χ0v) is 6.06. The van der Waals surface area contributed by atoms with Crippen molar-refractivity contribution in [3.8, 4) is 0 Å². The lowest BCUT2D eigenvalue weighted by molar-refractivity contribution is -0.133. The van der Waals surface area contributed by atoms with Gasteiger partial charge in [-0.05, 0) is 0 Å². The molecule has 0 aromatic heterocycles. The summed E-state index contributed by atoms with van der Waals surface area (Å²) in [5.41, 5.74) is -0.311. The van der Waals surface area contributed by atoms with E-state index in [4.69, 9.17) is 20.4 Å². The van der Waals surface area contributed by atoms with E-state index in [9.17, 15) is 4.79 Å². The van der Waals surface area contributed by atoms with Gasteiger partial charge < -0.3 is 20.4 Å². The van der Waals surface area contributed by atoms with Crippen LogP contribution in [0.4, 0.5) is 0 Å². The van der Waals surface area contributed by atoms with Crippen LogP contribution in [0.2, 0.25) is 0 Å². The number of carboxylic acids is 1. The fraction of sp³-hybridized carbons (Fsp3) is 0.286. The highest BCUT2D eigenvalue weighted by Gasteiger charge is 2.27. The topological polar surface area (TPSA) is 98.0 Å². The number of aliphatic hydroxyl groups excluding tert-OH is 1. The summed E-state index contributed by atoms with van der Waals surface area (Å²) in [6, 6.07) is 0. The first-order valence-corrected chi connectivity index (χ1v) is 3.23. The van der Waals surface area contributed by atoms with E-state index in [1.807, 2.05) is 0 Å². The van der Waals surface area contributed by atoms with Gasteiger partial charge in [-0.2, -0.15) is 0 Å². The highest BCUT2D eigenvalue weighted by molar-refractivity contribution is 5.91. The van der Waals surface area contributed by atoms with Crippen molar-refractivity contribution in [3.05, 3.63) is 23.5 Å². The standard InChI is InChI=1S/C7H8O5/c8-5-3-7(11,12)2-1-4(5)6(9)10/h1,3,8,11-12H,2H2,(H,9,10). The maximum absolute atomic E-state index is 10.3. The van der Waals surface area contributed by atoms with Crippen LogP contribution in [0.5, 0.6) is 0 Å². The molecule has 0 radical (unpaired) electrons. The van der Waals surface area contributed by atoms with Crippen LogP contribution in [0.3, 0.4) is 0 Å². The summed E-state index contributed by atoms with van der Waals surface area (Å²) in [6.07, 6.45) is 1.51. The van der Waals surface area contributed by atoms with Crippen molar-refractivity contribution in [2.75, 3.05) is 0 Å². The molecule has 0 heterocycles. The smallest absolute Gasteiger partial charge is 0.339 e. The number of aliphatic hydroxyl groups is 3. The number of carboxylic acid groups (broad SMARTS) is 1. The van der Waals surface area contributed by atoms with Gasteiger partial charge in [0, 0.05) is 12.5 Å². The second-order valence-corrected chi connectivity index (χ2v) is 2.54. The van der Waals surface area contributed by atoms with Crippen molar-refractivity contribution in [3.63, 3.8) is 0 Å². The molecule has 0 spiro atoms. The molecule has 66 valence electrons. The van der Waals surface area contributed by atoms with E-state index in [0.717, 1.165) is 6.08 Å². The molecular formula is C7H8O5. The molecule has 0 saturated carbocycles. The van der Waals surface area contributed by atoms with Gasteiger partial charge in [-0.15, -0.1) is 0 Å². The molecule has 0 amide bonds. The van der Waals surface area contributed by atoms with E-state index in [1.54, 1.807) is 0 Å². The summed E-state index contributed by atoms with van der Waals surface area (Å²) in [5, 5.41) is 35.3. The lowest BCUT2D eigenvalue weighted by Gasteiger charge is -2.20. The molecule has 1 rings (SSSR count). The van der Waals surface area contributed by atoms with Gasteiger partial charge in [0.25, 0.3) is 0 Å². The Bertz CT molecular complexity index is 274. The van der Waals surface area contributed by atoms with Gasteiger partial charge in [-0.1, -0.05) is 6.08 Å². The molecular weight excluding hydrogens is 164 g/mol. The SMILES string of the molecule is O=C(O)C1=CCC(O)(O)C=C1O. The fourth-order valence-electron chi connectivity index (χ4n) is 0.909. The Balaban J connectivity index is 2.94. The van der Waals surface area contributed by atoms with E-state index in [0.29, 0.717) is 6.08 Å². The van der Waals surface area contributed by atoms with Crippen LogP contribution in [-0.2, 0) is 4.79 Å². The molecule has 0 aromatic rings. The van der Waals surface area contributed by atoms with Crippen LogP contribution >= 0.6 is 0 Å². The van der Waals surface area contributed by atoms with Crippen molar-refractivity contribution >= 4 is 5.97 Å². The second-order valence-electron chi connectivity index (χ2n) is 2.54. The van der Waals surface area contributed by atoms with E-state index < -0.39 is 17.5 Å². The Kier molecular flexibility index (Phi) is 1.91. The van der Waals surface area contributed by atoms with Gasteiger partial charge in [0.05, 0.1) is 5.57 Å². The highest BCUT2D eigenvalue weighted by atomic mass is 16.5. The van der Waals surface area contributed by atoms with Gasteiger partial charge >= 0.3 is 5.97 Å². The van der Waals surface area contributed by atoms with E-state index in [2.05, 4.69) is 0 Å². The fourth-order valence-corrected chi connectivity index (χ4v) is 0.909. The van der Waals surface area contributed by atoms with E-state index in [1.165, 1.54) is 0 Å². The monoisotopic (exact) mass is 172 g/mol. The Morgan fingerprint density at radius 1 is 1.50 bits per heavy atom. The largest absolute Gasteiger partial charge is 0.507 e. The predicted molar refractivity (Wildman–Crippen MR) is 38.2 cm³/mol. The molecule has 12 heavy (non-hydrogen) atoms. The molecule has 5 heteroatoms. The maximum Gasteiger partial charge on any atom is 0.339 e. The summed E-state index contributed by atoms with van der Waals surface area (Å²) in [7, 11) is 0. The summed E-state index contributed by atoms with van der Waals surface area (Å²) in [4.78, 5) is 10.3. The zero-order chi connectivity index (χ0) is 9.35. The summed E-state index contributed by atoms with van der Waals surface area (Å²) < 4.78 is 0. The molecule has 5 nitrogen and oxygen atoms in total. The molecule has 1 aliphatic rings. The first kappa shape index (κ1) is 8.76. The van der Waals surface area contributed by atoms with Gasteiger partial charge in [0.2, 0.25) is 0 Å². The Morgan fingerprint density at radius 2 is 2.08 bits per heavy atom. The van der Waals surface area contributed by atoms with Crippen LogP contribution in [0, 0.1) is 0 Å². The molecule has 0 saturated heterocycles. The van der Waals surface area contributed by atoms with E-state index in [-0.39, 0.29) is 12.0 Å². The highest BCUT2D eigenvalue weighted by Crippen LogP contribution is 2.22. The van der Waals surface area contributed by atoms with Crippen LogP contribution in [0.15, 0.2) is 23.5 Å². The summed E-state index contributed by atoms with van der Waals surface area (Å²) >= 11 is 0. The van der Waals surface area contributed by atoms with Crippen LogP contribution in [0.1, 0.15) is 6.42 Å². The number of rotatable bonds is 1. The predicted octanol–water partition coefficient (Wildman–Crippen LogP) is -0.476. The van der Waals surface area contributed by atoms with Gasteiger partial charge in [0.1, 0.15) is 5.76 Å². The van der Waals surface area contributed by atoms with Crippen LogP contribution in [0.25, 0.3) is 0 Å². The average molecular weight is 172 g/mol. The molecule has 4 N–H and O–H groups in total. The van der Waals surface area contributed by atoms with Crippen molar-refractivity contribution in [2.24, 2.45) is 0 Å². The maximum atomic E-state index is 10.3. The first-order valence-electron chi connectivity index (χ1n) is 3.23. The molecule has 1 aliphatic carbocycles. The third-order valence-electron chi connectivity index (χ3n) is 1.48. The quantitative estimate of drug-likeness (QED) is 0.400. The molecule has 0 aliphatic heterocycles. The van der Waals surface area contributed by atoms with Crippen LogP contribution in [-0.4, -0.2) is 32.2 Å².